The standard InChI is InChI=1S/C15H19N3O2/c1-15(2,9-19)18-13(8-16)12-7-10(17(3)4)5-6-11(12)14(18)20/h5-7,13,19H,9H2,1-4H3. The van der Waals surface area contributed by atoms with E-state index >= 15 is 0 Å². The Morgan fingerprint density at radius 2 is 2.10 bits per heavy atom. The van der Waals surface area contributed by atoms with E-state index in [2.05, 4.69) is 6.07 Å². The largest absolute Gasteiger partial charge is 0.394 e. The highest BCUT2D eigenvalue weighted by atomic mass is 16.3. The van der Waals surface area contributed by atoms with Gasteiger partial charge in [0.05, 0.1) is 18.2 Å². The molecule has 1 unspecified atom stereocenters. The molecule has 0 fully saturated rings. The van der Waals surface area contributed by atoms with Crippen molar-refractivity contribution in [2.24, 2.45) is 0 Å². The van der Waals surface area contributed by atoms with Crippen molar-refractivity contribution >= 4 is 11.6 Å². The zero-order chi connectivity index (χ0) is 15.1. The first-order valence-corrected chi connectivity index (χ1v) is 6.49. The van der Waals surface area contributed by atoms with E-state index in [1.54, 1.807) is 19.9 Å². The molecule has 0 saturated carbocycles. The van der Waals surface area contributed by atoms with Crippen LogP contribution in [0, 0.1) is 11.3 Å². The summed E-state index contributed by atoms with van der Waals surface area (Å²) in [5.41, 5.74) is 1.43. The van der Waals surface area contributed by atoms with Crippen molar-refractivity contribution in [1.29, 1.82) is 5.26 Å². The number of carbonyl (C=O) groups is 1. The van der Waals surface area contributed by atoms with E-state index in [1.807, 2.05) is 31.1 Å². The van der Waals surface area contributed by atoms with Crippen LogP contribution in [0.15, 0.2) is 18.2 Å². The second kappa shape index (κ2) is 4.80. The number of hydrogen-bond acceptors (Lipinski definition) is 4. The smallest absolute Gasteiger partial charge is 0.256 e. The van der Waals surface area contributed by atoms with E-state index in [9.17, 15) is 15.2 Å². The fraction of sp³-hybridized carbons (Fsp3) is 0.467. The third-order valence-corrected chi connectivity index (χ3v) is 3.71. The third-order valence-electron chi connectivity index (χ3n) is 3.71. The predicted molar refractivity (Wildman–Crippen MR) is 76.5 cm³/mol. The third kappa shape index (κ3) is 2.02. The first-order valence-electron chi connectivity index (χ1n) is 6.49. The lowest BCUT2D eigenvalue weighted by Crippen LogP contribution is -2.48. The highest BCUT2D eigenvalue weighted by molar-refractivity contribution is 6.00. The van der Waals surface area contributed by atoms with Crippen molar-refractivity contribution in [2.45, 2.75) is 25.4 Å². The summed E-state index contributed by atoms with van der Waals surface area (Å²) in [6.07, 6.45) is 0. The number of nitrogens with zero attached hydrogens (tertiary/aromatic N) is 3. The fourth-order valence-electron chi connectivity index (χ4n) is 2.46. The van der Waals surface area contributed by atoms with E-state index in [0.29, 0.717) is 11.1 Å². The summed E-state index contributed by atoms with van der Waals surface area (Å²) in [6.45, 7) is 3.33. The van der Waals surface area contributed by atoms with Crippen molar-refractivity contribution in [3.8, 4) is 6.07 Å². The maximum Gasteiger partial charge on any atom is 0.256 e. The van der Waals surface area contributed by atoms with Crippen molar-refractivity contribution in [2.75, 3.05) is 25.6 Å². The van der Waals surface area contributed by atoms with Gasteiger partial charge in [0.2, 0.25) is 0 Å². The summed E-state index contributed by atoms with van der Waals surface area (Å²) < 4.78 is 0. The number of benzene rings is 1. The lowest BCUT2D eigenvalue weighted by Gasteiger charge is -2.36. The van der Waals surface area contributed by atoms with Crippen LogP contribution in [0.5, 0.6) is 0 Å². The lowest BCUT2D eigenvalue weighted by molar-refractivity contribution is 0.0337. The van der Waals surface area contributed by atoms with E-state index in [4.69, 9.17) is 0 Å². The molecular weight excluding hydrogens is 254 g/mol. The van der Waals surface area contributed by atoms with Gasteiger partial charge < -0.3 is 14.9 Å². The summed E-state index contributed by atoms with van der Waals surface area (Å²) in [7, 11) is 3.82. The SMILES string of the molecule is CN(C)c1ccc2c(c1)C(C#N)N(C(C)(C)CO)C2=O. The van der Waals surface area contributed by atoms with Crippen molar-refractivity contribution in [3.63, 3.8) is 0 Å². The van der Waals surface area contributed by atoms with Crippen LogP contribution in [0.3, 0.4) is 0 Å². The maximum absolute atomic E-state index is 12.5. The molecule has 0 spiro atoms. The van der Waals surface area contributed by atoms with Gasteiger partial charge in [0, 0.05) is 30.9 Å². The number of amides is 1. The molecule has 0 radical (unpaired) electrons. The molecule has 1 atom stereocenters. The summed E-state index contributed by atoms with van der Waals surface area (Å²) in [4.78, 5) is 15.9. The zero-order valence-corrected chi connectivity index (χ0v) is 12.2. The minimum Gasteiger partial charge on any atom is -0.394 e. The number of anilines is 1. The van der Waals surface area contributed by atoms with Gasteiger partial charge in [-0.05, 0) is 32.0 Å². The number of aliphatic hydroxyl groups is 1. The monoisotopic (exact) mass is 273 g/mol. The van der Waals surface area contributed by atoms with Crippen LogP contribution in [0.25, 0.3) is 0 Å². The normalized spacial score (nSPS) is 17.9. The second-order valence-corrected chi connectivity index (χ2v) is 5.84. The zero-order valence-electron chi connectivity index (χ0n) is 12.2. The second-order valence-electron chi connectivity index (χ2n) is 5.84. The molecule has 1 amide bonds. The summed E-state index contributed by atoms with van der Waals surface area (Å²) in [5, 5.41) is 18.9. The number of carbonyl (C=O) groups excluding carboxylic acids is 1. The molecule has 0 aromatic heterocycles. The molecule has 1 heterocycles. The van der Waals surface area contributed by atoms with E-state index in [0.717, 1.165) is 5.69 Å². The van der Waals surface area contributed by atoms with Gasteiger partial charge in [-0.15, -0.1) is 0 Å². The Morgan fingerprint density at radius 3 is 2.60 bits per heavy atom. The molecule has 2 rings (SSSR count). The highest BCUT2D eigenvalue weighted by Crippen LogP contribution is 2.39. The first kappa shape index (κ1) is 14.4. The molecule has 1 aliphatic heterocycles. The van der Waals surface area contributed by atoms with E-state index in [1.165, 1.54) is 4.90 Å². The van der Waals surface area contributed by atoms with Crippen LogP contribution in [-0.4, -0.2) is 42.2 Å². The molecule has 1 N–H and O–H groups in total. The summed E-state index contributed by atoms with van der Waals surface area (Å²) >= 11 is 0. The fourth-order valence-corrected chi connectivity index (χ4v) is 2.46. The maximum atomic E-state index is 12.5. The predicted octanol–water partition coefficient (Wildman–Crippen LogP) is 1.54. The molecule has 5 heteroatoms. The van der Waals surface area contributed by atoms with E-state index < -0.39 is 11.6 Å². The molecule has 1 aliphatic rings. The molecule has 0 bridgehead atoms. The molecule has 1 aromatic rings. The van der Waals surface area contributed by atoms with E-state index in [-0.39, 0.29) is 12.5 Å². The van der Waals surface area contributed by atoms with Crippen LogP contribution in [0.4, 0.5) is 5.69 Å². The number of nitriles is 1. The number of fused-ring (bicyclic) bond motifs is 1. The average Bonchev–Trinajstić information content (AvgIpc) is 2.71. The highest BCUT2D eigenvalue weighted by Gasteiger charge is 2.44. The Labute approximate surface area is 119 Å². The van der Waals surface area contributed by atoms with Gasteiger partial charge in [0.25, 0.3) is 5.91 Å². The van der Waals surface area contributed by atoms with Crippen LogP contribution >= 0.6 is 0 Å². The summed E-state index contributed by atoms with van der Waals surface area (Å²) in [5.74, 6) is -0.198. The van der Waals surface area contributed by atoms with Gasteiger partial charge in [-0.1, -0.05) is 0 Å². The van der Waals surface area contributed by atoms with Crippen molar-refractivity contribution in [1.82, 2.24) is 4.90 Å². The Balaban J connectivity index is 2.56. The number of aliphatic hydroxyl groups excluding tert-OH is 1. The van der Waals surface area contributed by atoms with Crippen molar-refractivity contribution < 1.29 is 9.90 Å². The van der Waals surface area contributed by atoms with Crippen LogP contribution in [0.2, 0.25) is 0 Å². The van der Waals surface area contributed by atoms with Gasteiger partial charge in [-0.25, -0.2) is 0 Å². The summed E-state index contributed by atoms with van der Waals surface area (Å²) in [6, 6.07) is 7.02. The average molecular weight is 273 g/mol. The Kier molecular flexibility index (Phi) is 3.45. The minimum absolute atomic E-state index is 0.189. The molecule has 1 aromatic carbocycles. The van der Waals surface area contributed by atoms with Gasteiger partial charge in [0.1, 0.15) is 6.04 Å². The topological polar surface area (TPSA) is 67.6 Å². The van der Waals surface area contributed by atoms with Crippen molar-refractivity contribution in [3.05, 3.63) is 29.3 Å². The van der Waals surface area contributed by atoms with Crippen LogP contribution in [-0.2, 0) is 0 Å². The molecule has 106 valence electrons. The molecule has 5 nitrogen and oxygen atoms in total. The molecule has 20 heavy (non-hydrogen) atoms. The number of hydrogen-bond donors (Lipinski definition) is 1. The van der Waals surface area contributed by atoms with Gasteiger partial charge in [0.15, 0.2) is 0 Å². The molecule has 0 aliphatic carbocycles. The van der Waals surface area contributed by atoms with Crippen LogP contribution in [0.1, 0.15) is 35.8 Å². The number of rotatable bonds is 3. The Bertz CT molecular complexity index is 587. The minimum atomic E-state index is -0.769. The first-order chi connectivity index (χ1) is 9.33. The quantitative estimate of drug-likeness (QED) is 0.907. The molecular formula is C15H19N3O2. The lowest BCUT2D eigenvalue weighted by atomic mass is 10.0. The Hall–Kier alpha value is -2.06. The Morgan fingerprint density at radius 1 is 1.45 bits per heavy atom. The van der Waals surface area contributed by atoms with Gasteiger partial charge >= 0.3 is 0 Å². The van der Waals surface area contributed by atoms with Gasteiger partial charge in [-0.2, -0.15) is 5.26 Å². The van der Waals surface area contributed by atoms with Crippen LogP contribution < -0.4 is 4.90 Å². The van der Waals surface area contributed by atoms with Gasteiger partial charge in [-0.3, -0.25) is 4.79 Å². The molecule has 0 saturated heterocycles.